The smallest absolute Gasteiger partial charge is 0.156 e. The highest BCUT2D eigenvalue weighted by Gasteiger charge is 1.99. The van der Waals surface area contributed by atoms with Crippen LogP contribution in [0.4, 0.5) is 0 Å². The molecule has 0 saturated heterocycles. The number of H-pyrrole nitrogens is 1. The van der Waals surface area contributed by atoms with Gasteiger partial charge in [-0.05, 0) is 18.6 Å². The van der Waals surface area contributed by atoms with Gasteiger partial charge in [-0.25, -0.2) is 4.98 Å². The fourth-order valence-corrected chi connectivity index (χ4v) is 1.03. The van der Waals surface area contributed by atoms with E-state index in [1.165, 1.54) is 6.33 Å². The van der Waals surface area contributed by atoms with E-state index >= 15 is 0 Å². The average Bonchev–Trinajstić information content (AvgIpc) is 2.56. The van der Waals surface area contributed by atoms with Crippen molar-refractivity contribution in [2.24, 2.45) is 0 Å². The number of nitrogens with zero attached hydrogens (tertiary/aromatic N) is 3. The normalized spacial score (nSPS) is 10.1. The van der Waals surface area contributed by atoms with Crippen LogP contribution in [0, 0.1) is 6.92 Å². The van der Waals surface area contributed by atoms with Gasteiger partial charge >= 0.3 is 0 Å². The minimum Gasteiger partial charge on any atom is -0.264 e. The fraction of sp³-hybridized carbons (Fsp3) is 0.125. The van der Waals surface area contributed by atoms with E-state index in [-0.39, 0.29) is 0 Å². The van der Waals surface area contributed by atoms with Crippen molar-refractivity contribution in [1.29, 1.82) is 0 Å². The summed E-state index contributed by atoms with van der Waals surface area (Å²) in [4.78, 5) is 8.07. The molecule has 4 heteroatoms. The maximum absolute atomic E-state index is 4.05. The van der Waals surface area contributed by atoms with Gasteiger partial charge < -0.3 is 0 Å². The first-order chi connectivity index (χ1) is 5.86. The Morgan fingerprint density at radius 1 is 1.33 bits per heavy atom. The molecular formula is C8H8N4. The zero-order chi connectivity index (χ0) is 8.39. The summed E-state index contributed by atoms with van der Waals surface area (Å²) in [6.45, 7) is 1.99. The van der Waals surface area contributed by atoms with E-state index in [0.717, 1.165) is 17.0 Å². The van der Waals surface area contributed by atoms with Crippen LogP contribution in [0.2, 0.25) is 0 Å². The van der Waals surface area contributed by atoms with E-state index < -0.39 is 0 Å². The second kappa shape index (κ2) is 2.73. The summed E-state index contributed by atoms with van der Waals surface area (Å²) >= 11 is 0. The predicted molar refractivity (Wildman–Crippen MR) is 44.4 cm³/mol. The van der Waals surface area contributed by atoms with Crippen molar-refractivity contribution >= 4 is 0 Å². The Bertz CT molecular complexity index is 366. The number of nitrogens with one attached hydrogen (secondary N) is 1. The molecule has 0 aliphatic carbocycles. The van der Waals surface area contributed by atoms with Crippen molar-refractivity contribution in [2.45, 2.75) is 6.92 Å². The highest BCUT2D eigenvalue weighted by Crippen LogP contribution is 2.12. The average molecular weight is 160 g/mol. The molecule has 0 aromatic carbocycles. The van der Waals surface area contributed by atoms with Gasteiger partial charge in [0.15, 0.2) is 5.82 Å². The van der Waals surface area contributed by atoms with Crippen LogP contribution in [0.25, 0.3) is 11.4 Å². The lowest BCUT2D eigenvalue weighted by Crippen LogP contribution is -1.83. The van der Waals surface area contributed by atoms with Gasteiger partial charge in [-0.15, -0.1) is 0 Å². The Morgan fingerprint density at radius 2 is 2.25 bits per heavy atom. The molecular weight excluding hydrogens is 152 g/mol. The molecule has 0 radical (unpaired) electrons. The summed E-state index contributed by atoms with van der Waals surface area (Å²) in [5.74, 6) is 0.756. The maximum atomic E-state index is 4.05. The lowest BCUT2D eigenvalue weighted by Gasteiger charge is -1.95. The van der Waals surface area contributed by atoms with Gasteiger partial charge in [-0.3, -0.25) is 10.1 Å². The van der Waals surface area contributed by atoms with Crippen LogP contribution < -0.4 is 0 Å². The summed E-state index contributed by atoms with van der Waals surface area (Å²) < 4.78 is 0. The number of hydrogen-bond donors (Lipinski definition) is 1. The van der Waals surface area contributed by atoms with Crippen molar-refractivity contribution < 1.29 is 0 Å². The van der Waals surface area contributed by atoms with Crippen molar-refractivity contribution in [3.63, 3.8) is 0 Å². The van der Waals surface area contributed by atoms with E-state index in [2.05, 4.69) is 20.2 Å². The molecule has 0 bridgehead atoms. The van der Waals surface area contributed by atoms with Gasteiger partial charge in [0.2, 0.25) is 0 Å². The molecule has 2 aromatic rings. The van der Waals surface area contributed by atoms with Gasteiger partial charge in [0.1, 0.15) is 6.33 Å². The standard InChI is InChI=1S/C8H8N4/c1-6-2-7(4-9-3-6)8-10-5-11-12-8/h2-5H,1H3,(H,10,11,12). The van der Waals surface area contributed by atoms with Crippen molar-refractivity contribution in [1.82, 2.24) is 20.2 Å². The molecule has 2 aromatic heterocycles. The second-order valence-electron chi connectivity index (χ2n) is 2.59. The topological polar surface area (TPSA) is 54.5 Å². The summed E-state index contributed by atoms with van der Waals surface area (Å²) in [6.07, 6.45) is 5.05. The van der Waals surface area contributed by atoms with Gasteiger partial charge in [0, 0.05) is 18.0 Å². The summed E-state index contributed by atoms with van der Waals surface area (Å²) in [5, 5.41) is 6.54. The molecule has 60 valence electrons. The molecule has 4 nitrogen and oxygen atoms in total. The Kier molecular flexibility index (Phi) is 1.59. The third kappa shape index (κ3) is 1.18. The lowest BCUT2D eigenvalue weighted by atomic mass is 10.2. The molecule has 0 aliphatic rings. The van der Waals surface area contributed by atoms with E-state index in [1.54, 1.807) is 12.4 Å². The van der Waals surface area contributed by atoms with E-state index in [9.17, 15) is 0 Å². The largest absolute Gasteiger partial charge is 0.264 e. The molecule has 0 aliphatic heterocycles. The van der Waals surface area contributed by atoms with Gasteiger partial charge in [0.25, 0.3) is 0 Å². The molecule has 0 amide bonds. The Labute approximate surface area is 69.7 Å². The first-order valence-corrected chi connectivity index (χ1v) is 3.63. The van der Waals surface area contributed by atoms with Crippen LogP contribution in [-0.2, 0) is 0 Å². The zero-order valence-electron chi connectivity index (χ0n) is 6.65. The second-order valence-corrected chi connectivity index (χ2v) is 2.59. The Hall–Kier alpha value is -1.71. The SMILES string of the molecule is Cc1cncc(-c2ncn[nH]2)c1. The quantitative estimate of drug-likeness (QED) is 0.681. The Balaban J connectivity index is 2.48. The highest BCUT2D eigenvalue weighted by molar-refractivity contribution is 5.53. The molecule has 1 N–H and O–H groups in total. The van der Waals surface area contributed by atoms with Crippen LogP contribution in [0.1, 0.15) is 5.56 Å². The zero-order valence-corrected chi connectivity index (χ0v) is 6.65. The number of hydrogen-bond acceptors (Lipinski definition) is 3. The summed E-state index contributed by atoms with van der Waals surface area (Å²) in [6, 6.07) is 2.01. The van der Waals surface area contributed by atoms with Gasteiger partial charge in [-0.1, -0.05) is 0 Å². The summed E-state index contributed by atoms with van der Waals surface area (Å²) in [5.41, 5.74) is 2.08. The Morgan fingerprint density at radius 3 is 2.92 bits per heavy atom. The molecule has 0 spiro atoms. The maximum Gasteiger partial charge on any atom is 0.156 e. The van der Waals surface area contributed by atoms with E-state index in [0.29, 0.717) is 0 Å². The fourth-order valence-electron chi connectivity index (χ4n) is 1.03. The van der Waals surface area contributed by atoms with Crippen LogP contribution in [0.5, 0.6) is 0 Å². The third-order valence-electron chi connectivity index (χ3n) is 1.56. The minimum absolute atomic E-state index is 0.756. The number of aryl methyl sites for hydroxylation is 1. The molecule has 12 heavy (non-hydrogen) atoms. The van der Waals surface area contributed by atoms with Crippen LogP contribution in [-0.4, -0.2) is 20.2 Å². The predicted octanol–water partition coefficient (Wildman–Crippen LogP) is 1.18. The van der Waals surface area contributed by atoms with Crippen LogP contribution >= 0.6 is 0 Å². The number of aromatic amines is 1. The van der Waals surface area contributed by atoms with Crippen LogP contribution in [0.15, 0.2) is 24.8 Å². The molecule has 2 rings (SSSR count). The van der Waals surface area contributed by atoms with E-state index in [4.69, 9.17) is 0 Å². The van der Waals surface area contributed by atoms with Crippen LogP contribution in [0.3, 0.4) is 0 Å². The lowest BCUT2D eigenvalue weighted by molar-refractivity contribution is 1.09. The molecule has 0 saturated carbocycles. The number of aromatic nitrogens is 4. The number of pyridine rings is 1. The van der Waals surface area contributed by atoms with Gasteiger partial charge in [0.05, 0.1) is 0 Å². The summed E-state index contributed by atoms with van der Waals surface area (Å²) in [7, 11) is 0. The van der Waals surface area contributed by atoms with E-state index in [1.807, 2.05) is 13.0 Å². The molecule has 0 fully saturated rings. The first kappa shape index (κ1) is 6.97. The van der Waals surface area contributed by atoms with Gasteiger partial charge in [-0.2, -0.15) is 5.10 Å². The van der Waals surface area contributed by atoms with Crippen molar-refractivity contribution in [3.8, 4) is 11.4 Å². The highest BCUT2D eigenvalue weighted by atomic mass is 15.2. The minimum atomic E-state index is 0.756. The molecule has 0 atom stereocenters. The monoisotopic (exact) mass is 160 g/mol. The van der Waals surface area contributed by atoms with Crippen molar-refractivity contribution in [2.75, 3.05) is 0 Å². The third-order valence-corrected chi connectivity index (χ3v) is 1.56. The van der Waals surface area contributed by atoms with Crippen molar-refractivity contribution in [3.05, 3.63) is 30.4 Å². The molecule has 2 heterocycles. The number of rotatable bonds is 1. The molecule has 0 unspecified atom stereocenters. The first-order valence-electron chi connectivity index (χ1n) is 3.63.